The summed E-state index contributed by atoms with van der Waals surface area (Å²) in [5, 5.41) is 0. The fourth-order valence-corrected chi connectivity index (χ4v) is 1.66. The molecule has 3 heteroatoms. The van der Waals surface area contributed by atoms with Crippen molar-refractivity contribution < 1.29 is 0 Å². The summed E-state index contributed by atoms with van der Waals surface area (Å²) in [5.41, 5.74) is 1.03. The molecule has 10 heavy (non-hydrogen) atoms. The molecule has 0 amide bonds. The Kier molecular flexibility index (Phi) is 2.48. The Morgan fingerprint density at radius 1 is 1.60 bits per heavy atom. The summed E-state index contributed by atoms with van der Waals surface area (Å²) in [5.74, 6) is 0. The van der Waals surface area contributed by atoms with Gasteiger partial charge in [-0.05, 0) is 34.7 Å². The fraction of sp³-hybridized carbons (Fsp3) is 0.286. The molecule has 0 radical (unpaired) electrons. The van der Waals surface area contributed by atoms with E-state index < -0.39 is 0 Å². The predicted molar refractivity (Wildman–Crippen MR) is 49.6 cm³/mol. The summed E-state index contributed by atoms with van der Waals surface area (Å²) >= 11 is 2.27. The first-order chi connectivity index (χ1) is 4.75. The van der Waals surface area contributed by atoms with Crippen LogP contribution in [0.25, 0.3) is 0 Å². The molecule has 0 unspecified atom stereocenters. The third-order valence-corrected chi connectivity index (χ3v) is 2.15. The second kappa shape index (κ2) is 3.18. The molecule has 0 N–H and O–H groups in total. The molecule has 0 fully saturated rings. The number of pyridine rings is 1. The molecule has 1 heterocycles. The van der Waals surface area contributed by atoms with Gasteiger partial charge in [-0.25, -0.2) is 0 Å². The first-order valence-corrected chi connectivity index (χ1v) is 4.07. The average molecular weight is 248 g/mol. The minimum atomic E-state index is 1.03. The maximum atomic E-state index is 4.13. The third-order valence-electron chi connectivity index (χ3n) is 1.31. The van der Waals surface area contributed by atoms with Crippen LogP contribution in [-0.4, -0.2) is 11.6 Å². The lowest BCUT2D eigenvalue weighted by atomic mass is 10.5. The van der Waals surface area contributed by atoms with Crippen molar-refractivity contribution in [1.29, 1.82) is 0 Å². The van der Waals surface area contributed by atoms with Crippen LogP contribution in [-0.2, 0) is 7.05 Å². The van der Waals surface area contributed by atoms with Crippen molar-refractivity contribution in [3.8, 4) is 0 Å². The van der Waals surface area contributed by atoms with E-state index in [1.807, 2.05) is 29.9 Å². The van der Waals surface area contributed by atoms with Gasteiger partial charge in [-0.2, -0.15) is 0 Å². The average Bonchev–Trinajstić information content (AvgIpc) is 1.88. The first-order valence-electron chi connectivity index (χ1n) is 2.99. The molecule has 0 saturated heterocycles. The highest BCUT2D eigenvalue weighted by Crippen LogP contribution is 1.94. The second-order valence-electron chi connectivity index (χ2n) is 2.01. The van der Waals surface area contributed by atoms with E-state index >= 15 is 0 Å². The SMILES string of the molecule is CN=c1c(I)cccn1C. The zero-order chi connectivity index (χ0) is 7.56. The number of hydrogen-bond donors (Lipinski definition) is 0. The lowest BCUT2D eigenvalue weighted by Crippen LogP contribution is -2.19. The molecule has 54 valence electrons. The summed E-state index contributed by atoms with van der Waals surface area (Å²) < 4.78 is 3.19. The lowest BCUT2D eigenvalue weighted by Gasteiger charge is -1.98. The molecule has 0 saturated carbocycles. The van der Waals surface area contributed by atoms with Crippen molar-refractivity contribution in [2.45, 2.75) is 0 Å². The van der Waals surface area contributed by atoms with E-state index in [0.717, 1.165) is 5.49 Å². The van der Waals surface area contributed by atoms with Crippen LogP contribution < -0.4 is 5.49 Å². The predicted octanol–water partition coefficient (Wildman–Crippen LogP) is 1.16. The molecular formula is C7H9IN2. The largest absolute Gasteiger partial charge is 0.336 e. The van der Waals surface area contributed by atoms with Crippen LogP contribution in [0, 0.1) is 3.57 Å². The van der Waals surface area contributed by atoms with Crippen molar-refractivity contribution in [3.63, 3.8) is 0 Å². The Hall–Kier alpha value is -0.320. The third kappa shape index (κ3) is 1.39. The second-order valence-corrected chi connectivity index (χ2v) is 3.18. The van der Waals surface area contributed by atoms with E-state index in [0.29, 0.717) is 0 Å². The van der Waals surface area contributed by atoms with Crippen molar-refractivity contribution in [2.24, 2.45) is 12.0 Å². The van der Waals surface area contributed by atoms with Crippen LogP contribution >= 0.6 is 22.6 Å². The van der Waals surface area contributed by atoms with Crippen LogP contribution in [0.1, 0.15) is 0 Å². The van der Waals surface area contributed by atoms with Gasteiger partial charge in [-0.3, -0.25) is 4.99 Å². The molecular weight excluding hydrogens is 239 g/mol. The van der Waals surface area contributed by atoms with Crippen LogP contribution in [0.3, 0.4) is 0 Å². The van der Waals surface area contributed by atoms with E-state index in [4.69, 9.17) is 0 Å². The van der Waals surface area contributed by atoms with Crippen molar-refractivity contribution in [3.05, 3.63) is 27.4 Å². The summed E-state index contributed by atoms with van der Waals surface area (Å²) in [6.07, 6.45) is 1.99. The molecule has 0 bridgehead atoms. The van der Waals surface area contributed by atoms with Gasteiger partial charge in [0.15, 0.2) is 0 Å². The molecule has 0 aromatic carbocycles. The van der Waals surface area contributed by atoms with E-state index in [-0.39, 0.29) is 0 Å². The summed E-state index contributed by atoms with van der Waals surface area (Å²) in [4.78, 5) is 4.13. The first kappa shape index (κ1) is 7.78. The molecule has 0 aliphatic heterocycles. The quantitative estimate of drug-likeness (QED) is 0.613. The van der Waals surface area contributed by atoms with Crippen LogP contribution in [0.5, 0.6) is 0 Å². The van der Waals surface area contributed by atoms with E-state index in [2.05, 4.69) is 27.6 Å². The molecule has 0 atom stereocenters. The van der Waals surface area contributed by atoms with Crippen molar-refractivity contribution in [2.75, 3.05) is 7.05 Å². The topological polar surface area (TPSA) is 17.3 Å². The zero-order valence-corrected chi connectivity index (χ0v) is 8.16. The Bertz CT molecular complexity index is 265. The molecule has 2 nitrogen and oxygen atoms in total. The number of aromatic nitrogens is 1. The molecule has 1 aromatic rings. The number of aryl methyl sites for hydroxylation is 1. The Labute approximate surface area is 73.7 Å². The van der Waals surface area contributed by atoms with Gasteiger partial charge in [-0.15, -0.1) is 0 Å². The van der Waals surface area contributed by atoms with Crippen LogP contribution in [0.2, 0.25) is 0 Å². The van der Waals surface area contributed by atoms with Crippen LogP contribution in [0.15, 0.2) is 23.3 Å². The van der Waals surface area contributed by atoms with Crippen molar-refractivity contribution >= 4 is 22.6 Å². The van der Waals surface area contributed by atoms with Crippen LogP contribution in [0.4, 0.5) is 0 Å². The van der Waals surface area contributed by atoms with Gasteiger partial charge in [0.05, 0.1) is 3.57 Å². The highest BCUT2D eigenvalue weighted by atomic mass is 127. The minimum absolute atomic E-state index is 1.03. The standard InChI is InChI=1S/C7H9IN2/c1-9-7-6(8)4-3-5-10(7)2/h3-5H,1-2H3. The van der Waals surface area contributed by atoms with E-state index in [9.17, 15) is 0 Å². The number of rotatable bonds is 0. The van der Waals surface area contributed by atoms with Gasteiger partial charge >= 0.3 is 0 Å². The molecule has 1 aromatic heterocycles. The Balaban J connectivity index is 3.47. The summed E-state index contributed by atoms with van der Waals surface area (Å²) in [7, 11) is 3.79. The maximum Gasteiger partial charge on any atom is 0.140 e. The normalized spacial score (nSPS) is 12.1. The van der Waals surface area contributed by atoms with Crippen molar-refractivity contribution in [1.82, 2.24) is 4.57 Å². The fourth-order valence-electron chi connectivity index (χ4n) is 0.835. The maximum absolute atomic E-state index is 4.13. The van der Waals surface area contributed by atoms with Gasteiger partial charge in [0.25, 0.3) is 0 Å². The molecule has 0 spiro atoms. The number of halogens is 1. The lowest BCUT2D eigenvalue weighted by molar-refractivity contribution is 0.819. The smallest absolute Gasteiger partial charge is 0.140 e. The van der Waals surface area contributed by atoms with Gasteiger partial charge < -0.3 is 4.57 Å². The molecule has 0 aliphatic carbocycles. The molecule has 1 rings (SSSR count). The Morgan fingerprint density at radius 2 is 2.30 bits per heavy atom. The Morgan fingerprint density at radius 3 is 2.70 bits per heavy atom. The van der Waals surface area contributed by atoms with Gasteiger partial charge in [-0.1, -0.05) is 0 Å². The minimum Gasteiger partial charge on any atom is -0.336 e. The van der Waals surface area contributed by atoms with Gasteiger partial charge in [0, 0.05) is 20.3 Å². The number of hydrogen-bond acceptors (Lipinski definition) is 1. The number of nitrogens with zero attached hydrogens (tertiary/aromatic N) is 2. The zero-order valence-electron chi connectivity index (χ0n) is 6.00. The highest BCUT2D eigenvalue weighted by molar-refractivity contribution is 14.1. The van der Waals surface area contributed by atoms with Gasteiger partial charge in [0.1, 0.15) is 5.49 Å². The highest BCUT2D eigenvalue weighted by Gasteiger charge is 1.89. The van der Waals surface area contributed by atoms with E-state index in [1.165, 1.54) is 3.57 Å². The summed E-state index contributed by atoms with van der Waals surface area (Å²) in [6.45, 7) is 0. The van der Waals surface area contributed by atoms with Gasteiger partial charge in [0.2, 0.25) is 0 Å². The summed E-state index contributed by atoms with van der Waals surface area (Å²) in [6, 6.07) is 4.05. The van der Waals surface area contributed by atoms with E-state index in [1.54, 1.807) is 7.05 Å². The monoisotopic (exact) mass is 248 g/mol. The molecule has 0 aliphatic rings.